The fourth-order valence-corrected chi connectivity index (χ4v) is 3.45. The van der Waals surface area contributed by atoms with Crippen LogP contribution in [0.5, 0.6) is 5.75 Å². The van der Waals surface area contributed by atoms with Gasteiger partial charge >= 0.3 is 0 Å². The summed E-state index contributed by atoms with van der Waals surface area (Å²) in [6.07, 6.45) is -0.0823. The number of carbonyl (C=O) groups is 1. The summed E-state index contributed by atoms with van der Waals surface area (Å²) in [4.78, 5) is 19.0. The van der Waals surface area contributed by atoms with Crippen LogP contribution in [0.15, 0.2) is 71.3 Å². The van der Waals surface area contributed by atoms with E-state index < -0.39 is 6.10 Å². The molecule has 0 spiro atoms. The van der Waals surface area contributed by atoms with Gasteiger partial charge in [-0.25, -0.2) is 0 Å². The van der Waals surface area contributed by atoms with Crippen molar-refractivity contribution in [2.45, 2.75) is 26.0 Å². The van der Waals surface area contributed by atoms with Crippen LogP contribution < -0.4 is 4.74 Å². The molecule has 0 aliphatic rings. The van der Waals surface area contributed by atoms with E-state index in [-0.39, 0.29) is 12.5 Å². The van der Waals surface area contributed by atoms with E-state index >= 15 is 0 Å². The van der Waals surface area contributed by atoms with Gasteiger partial charge in [-0.2, -0.15) is 4.98 Å². The molecule has 0 aliphatic heterocycles. The third kappa shape index (κ3) is 4.70. The molecule has 0 radical (unpaired) electrons. The van der Waals surface area contributed by atoms with Crippen LogP contribution in [0.2, 0.25) is 5.02 Å². The minimum atomic E-state index is -0.616. The third-order valence-electron chi connectivity index (χ3n) is 4.98. The normalized spacial score (nSPS) is 12.0. The molecule has 4 rings (SSSR count). The van der Waals surface area contributed by atoms with Crippen LogP contribution >= 0.6 is 11.6 Å². The SMILES string of the molecule is CC[C@H](Oc1cccc2ccccc12)C(=O)N(C)Cc1nc(-c2ccc(Cl)cc2)no1. The molecule has 3 aromatic carbocycles. The molecular formula is C24H22ClN3O3. The van der Waals surface area contributed by atoms with E-state index in [9.17, 15) is 4.79 Å². The Morgan fingerprint density at radius 3 is 2.61 bits per heavy atom. The van der Waals surface area contributed by atoms with Gasteiger partial charge in [0.25, 0.3) is 5.91 Å². The Balaban J connectivity index is 1.46. The maximum absolute atomic E-state index is 13.0. The van der Waals surface area contributed by atoms with Gasteiger partial charge in [-0.3, -0.25) is 4.79 Å². The van der Waals surface area contributed by atoms with E-state index in [0.717, 1.165) is 16.3 Å². The van der Waals surface area contributed by atoms with Crippen molar-refractivity contribution < 1.29 is 14.1 Å². The Hall–Kier alpha value is -3.38. The standard InChI is InChI=1S/C24H22ClN3O3/c1-3-20(30-21-10-6-8-16-7-4-5-9-19(16)21)24(29)28(2)15-22-26-23(27-31-22)17-11-13-18(25)14-12-17/h4-14,20H,3,15H2,1-2H3/t20-/m0/s1. The molecule has 31 heavy (non-hydrogen) atoms. The highest BCUT2D eigenvalue weighted by atomic mass is 35.5. The van der Waals surface area contributed by atoms with Gasteiger partial charge in [0.15, 0.2) is 6.10 Å². The van der Waals surface area contributed by atoms with Crippen molar-refractivity contribution in [1.29, 1.82) is 0 Å². The predicted octanol–water partition coefficient (Wildman–Crippen LogP) is 5.36. The van der Waals surface area contributed by atoms with Gasteiger partial charge in [0, 0.05) is 23.0 Å². The molecule has 0 saturated carbocycles. The van der Waals surface area contributed by atoms with Gasteiger partial charge in [-0.1, -0.05) is 60.1 Å². The lowest BCUT2D eigenvalue weighted by Crippen LogP contribution is -2.39. The van der Waals surface area contributed by atoms with Crippen molar-refractivity contribution in [3.05, 3.63) is 77.6 Å². The van der Waals surface area contributed by atoms with Crippen LogP contribution in [0.4, 0.5) is 0 Å². The summed E-state index contributed by atoms with van der Waals surface area (Å²) in [6.45, 7) is 2.11. The van der Waals surface area contributed by atoms with Gasteiger partial charge in [0.1, 0.15) is 5.75 Å². The molecule has 6 nitrogen and oxygen atoms in total. The second kappa shape index (κ2) is 9.18. The number of nitrogens with zero attached hydrogens (tertiary/aromatic N) is 3. The van der Waals surface area contributed by atoms with Crippen molar-refractivity contribution >= 4 is 28.3 Å². The lowest BCUT2D eigenvalue weighted by Gasteiger charge is -2.23. The van der Waals surface area contributed by atoms with E-state index in [1.807, 2.05) is 61.5 Å². The Morgan fingerprint density at radius 2 is 1.84 bits per heavy atom. The van der Waals surface area contributed by atoms with Crippen molar-refractivity contribution in [3.8, 4) is 17.1 Å². The molecule has 0 fully saturated rings. The van der Waals surface area contributed by atoms with Crippen LogP contribution in [0.3, 0.4) is 0 Å². The lowest BCUT2D eigenvalue weighted by molar-refractivity contribution is -0.138. The second-order valence-corrected chi connectivity index (χ2v) is 7.64. The zero-order valence-electron chi connectivity index (χ0n) is 17.3. The first-order chi connectivity index (χ1) is 15.0. The van der Waals surface area contributed by atoms with Gasteiger partial charge in [-0.05, 0) is 42.1 Å². The number of fused-ring (bicyclic) bond motifs is 1. The molecular weight excluding hydrogens is 414 g/mol. The molecule has 1 aromatic heterocycles. The summed E-state index contributed by atoms with van der Waals surface area (Å²) < 4.78 is 11.4. The molecule has 1 amide bonds. The molecule has 158 valence electrons. The van der Waals surface area contributed by atoms with Crippen LogP contribution in [0.25, 0.3) is 22.2 Å². The van der Waals surface area contributed by atoms with Crippen molar-refractivity contribution in [2.24, 2.45) is 0 Å². The van der Waals surface area contributed by atoms with Crippen molar-refractivity contribution in [2.75, 3.05) is 7.05 Å². The van der Waals surface area contributed by atoms with Gasteiger partial charge in [0.2, 0.25) is 11.7 Å². The number of amides is 1. The van der Waals surface area contributed by atoms with E-state index in [2.05, 4.69) is 10.1 Å². The first kappa shape index (κ1) is 20.9. The molecule has 0 saturated heterocycles. The Morgan fingerprint density at radius 1 is 1.10 bits per heavy atom. The minimum Gasteiger partial charge on any atom is -0.480 e. The quantitative estimate of drug-likeness (QED) is 0.391. The monoisotopic (exact) mass is 435 g/mol. The molecule has 4 aromatic rings. The van der Waals surface area contributed by atoms with E-state index in [0.29, 0.717) is 28.9 Å². The molecule has 0 unspecified atom stereocenters. The second-order valence-electron chi connectivity index (χ2n) is 7.20. The number of carbonyl (C=O) groups excluding carboxylic acids is 1. The Kier molecular flexibility index (Phi) is 6.18. The number of ether oxygens (including phenoxy) is 1. The van der Waals surface area contributed by atoms with Gasteiger partial charge in [-0.15, -0.1) is 0 Å². The van der Waals surface area contributed by atoms with E-state index in [4.69, 9.17) is 20.9 Å². The van der Waals surface area contributed by atoms with E-state index in [1.165, 1.54) is 0 Å². The highest BCUT2D eigenvalue weighted by molar-refractivity contribution is 6.30. The van der Waals surface area contributed by atoms with Crippen molar-refractivity contribution in [1.82, 2.24) is 15.0 Å². The van der Waals surface area contributed by atoms with Crippen LogP contribution in [0.1, 0.15) is 19.2 Å². The van der Waals surface area contributed by atoms with Crippen LogP contribution in [-0.4, -0.2) is 34.1 Å². The molecule has 1 heterocycles. The molecule has 7 heteroatoms. The van der Waals surface area contributed by atoms with Crippen LogP contribution in [-0.2, 0) is 11.3 Å². The summed E-state index contributed by atoms with van der Waals surface area (Å²) in [5.74, 6) is 1.34. The largest absolute Gasteiger partial charge is 0.480 e. The summed E-state index contributed by atoms with van der Waals surface area (Å²) in [5, 5.41) is 6.67. The summed E-state index contributed by atoms with van der Waals surface area (Å²) in [5.41, 5.74) is 0.791. The highest BCUT2D eigenvalue weighted by Gasteiger charge is 2.24. The molecule has 0 aliphatic carbocycles. The van der Waals surface area contributed by atoms with Gasteiger partial charge in [0.05, 0.1) is 6.54 Å². The minimum absolute atomic E-state index is 0.151. The average molecular weight is 436 g/mol. The predicted molar refractivity (Wildman–Crippen MR) is 120 cm³/mol. The molecule has 0 N–H and O–H groups in total. The summed E-state index contributed by atoms with van der Waals surface area (Å²) >= 11 is 5.92. The Bertz CT molecular complexity index is 1180. The number of benzene rings is 3. The maximum atomic E-state index is 13.0. The first-order valence-corrected chi connectivity index (χ1v) is 10.4. The summed E-state index contributed by atoms with van der Waals surface area (Å²) in [6, 6.07) is 20.9. The van der Waals surface area contributed by atoms with Gasteiger partial charge < -0.3 is 14.2 Å². The topological polar surface area (TPSA) is 68.5 Å². The average Bonchev–Trinajstić information content (AvgIpc) is 3.26. The molecule has 1 atom stereocenters. The lowest BCUT2D eigenvalue weighted by atomic mass is 10.1. The number of rotatable bonds is 7. The van der Waals surface area contributed by atoms with Crippen LogP contribution in [0, 0.1) is 0 Å². The zero-order valence-corrected chi connectivity index (χ0v) is 18.0. The maximum Gasteiger partial charge on any atom is 0.263 e. The summed E-state index contributed by atoms with van der Waals surface area (Å²) in [7, 11) is 1.70. The molecule has 0 bridgehead atoms. The highest BCUT2D eigenvalue weighted by Crippen LogP contribution is 2.27. The third-order valence-corrected chi connectivity index (χ3v) is 5.24. The number of hydrogen-bond acceptors (Lipinski definition) is 5. The smallest absolute Gasteiger partial charge is 0.263 e. The number of aromatic nitrogens is 2. The number of hydrogen-bond donors (Lipinski definition) is 0. The fraction of sp³-hybridized carbons (Fsp3) is 0.208. The first-order valence-electron chi connectivity index (χ1n) is 10.0. The fourth-order valence-electron chi connectivity index (χ4n) is 3.32. The Labute approximate surface area is 185 Å². The van der Waals surface area contributed by atoms with Crippen molar-refractivity contribution in [3.63, 3.8) is 0 Å². The zero-order chi connectivity index (χ0) is 21.8. The number of halogens is 1. The van der Waals surface area contributed by atoms with E-state index in [1.54, 1.807) is 24.1 Å². The number of likely N-dealkylation sites (N-methyl/N-ethyl adjacent to an activating group) is 1.